The number of carbonyl (C=O) groups is 1. The van der Waals surface area contributed by atoms with Gasteiger partial charge in [-0.1, -0.05) is 12.1 Å². The van der Waals surface area contributed by atoms with E-state index in [1.807, 2.05) is 13.8 Å². The summed E-state index contributed by atoms with van der Waals surface area (Å²) in [7, 11) is 1.58. The summed E-state index contributed by atoms with van der Waals surface area (Å²) in [6, 6.07) is 5.10. The van der Waals surface area contributed by atoms with Crippen LogP contribution in [0.5, 0.6) is 5.75 Å². The van der Waals surface area contributed by atoms with Crippen molar-refractivity contribution in [3.8, 4) is 5.75 Å². The predicted molar refractivity (Wildman–Crippen MR) is 66.3 cm³/mol. The second kappa shape index (κ2) is 5.19. The number of phenols is 1. The third-order valence-corrected chi connectivity index (χ3v) is 2.44. The Labute approximate surface area is 102 Å². The van der Waals surface area contributed by atoms with E-state index >= 15 is 0 Å². The summed E-state index contributed by atoms with van der Waals surface area (Å²) in [6.07, 6.45) is 0. The first kappa shape index (κ1) is 13.5. The van der Waals surface area contributed by atoms with Gasteiger partial charge in [0, 0.05) is 7.11 Å². The molecule has 0 aliphatic heterocycles. The van der Waals surface area contributed by atoms with Crippen LogP contribution < -0.4 is 5.32 Å². The Morgan fingerprint density at radius 1 is 1.47 bits per heavy atom. The maximum atomic E-state index is 12.0. The van der Waals surface area contributed by atoms with Gasteiger partial charge in [-0.15, -0.1) is 0 Å². The Bertz CT molecular complexity index is 413. The van der Waals surface area contributed by atoms with Crippen LogP contribution in [0.25, 0.3) is 0 Å². The molecule has 17 heavy (non-hydrogen) atoms. The lowest BCUT2D eigenvalue weighted by Gasteiger charge is -2.25. The van der Waals surface area contributed by atoms with Gasteiger partial charge in [0.15, 0.2) is 0 Å². The second-order valence-electron chi connectivity index (χ2n) is 4.74. The van der Waals surface area contributed by atoms with Crippen molar-refractivity contribution in [3.63, 3.8) is 0 Å². The summed E-state index contributed by atoms with van der Waals surface area (Å²) < 4.78 is 5.02. The largest absolute Gasteiger partial charge is 0.507 e. The molecule has 1 rings (SSSR count). The SMILES string of the molecule is COCC(C)(C)NC(=O)c1cccc(C)c1O. The molecule has 0 spiro atoms. The Balaban J connectivity index is 2.87. The molecular weight excluding hydrogens is 218 g/mol. The minimum atomic E-state index is -0.470. The molecule has 0 unspecified atom stereocenters. The standard InChI is InChI=1S/C13H19NO3/c1-9-6-5-7-10(11(9)15)12(16)14-13(2,3)8-17-4/h5-7,15H,8H2,1-4H3,(H,14,16). The number of carbonyl (C=O) groups excluding carboxylic acids is 1. The highest BCUT2D eigenvalue weighted by Crippen LogP contribution is 2.21. The summed E-state index contributed by atoms with van der Waals surface area (Å²) in [5.41, 5.74) is 0.499. The van der Waals surface area contributed by atoms with Gasteiger partial charge in [-0.2, -0.15) is 0 Å². The molecule has 1 aromatic carbocycles. The number of ether oxygens (including phenoxy) is 1. The van der Waals surface area contributed by atoms with Crippen LogP contribution in [0.1, 0.15) is 29.8 Å². The van der Waals surface area contributed by atoms with E-state index in [-0.39, 0.29) is 17.2 Å². The van der Waals surface area contributed by atoms with E-state index in [1.54, 1.807) is 32.2 Å². The zero-order chi connectivity index (χ0) is 13.1. The highest BCUT2D eigenvalue weighted by molar-refractivity contribution is 5.97. The number of benzene rings is 1. The van der Waals surface area contributed by atoms with Crippen molar-refractivity contribution >= 4 is 5.91 Å². The van der Waals surface area contributed by atoms with E-state index in [9.17, 15) is 9.90 Å². The number of amides is 1. The molecule has 2 N–H and O–H groups in total. The second-order valence-corrected chi connectivity index (χ2v) is 4.74. The summed E-state index contributed by atoms with van der Waals surface area (Å²) in [6.45, 7) is 5.89. The number of phenolic OH excluding ortho intramolecular Hbond substituents is 1. The highest BCUT2D eigenvalue weighted by Gasteiger charge is 2.22. The normalized spacial score (nSPS) is 11.3. The molecule has 94 valence electrons. The fraction of sp³-hybridized carbons (Fsp3) is 0.462. The molecule has 0 aromatic heterocycles. The Hall–Kier alpha value is -1.55. The van der Waals surface area contributed by atoms with Crippen molar-refractivity contribution < 1.29 is 14.6 Å². The minimum absolute atomic E-state index is 0.0261. The Kier molecular flexibility index (Phi) is 4.12. The predicted octanol–water partition coefficient (Wildman–Crippen LogP) is 1.86. The van der Waals surface area contributed by atoms with Crippen molar-refractivity contribution in [1.29, 1.82) is 0 Å². The van der Waals surface area contributed by atoms with Gasteiger partial charge in [0.05, 0.1) is 17.7 Å². The van der Waals surface area contributed by atoms with Gasteiger partial charge < -0.3 is 15.2 Å². The zero-order valence-electron chi connectivity index (χ0n) is 10.7. The van der Waals surface area contributed by atoms with Crippen molar-refractivity contribution in [1.82, 2.24) is 5.32 Å². The number of aryl methyl sites for hydroxylation is 1. The zero-order valence-corrected chi connectivity index (χ0v) is 10.7. The monoisotopic (exact) mass is 237 g/mol. The average Bonchev–Trinajstić information content (AvgIpc) is 2.21. The van der Waals surface area contributed by atoms with Crippen LogP contribution in [-0.2, 0) is 4.74 Å². The first-order valence-electron chi connectivity index (χ1n) is 5.47. The van der Waals surface area contributed by atoms with Gasteiger partial charge in [-0.05, 0) is 32.4 Å². The van der Waals surface area contributed by atoms with Gasteiger partial charge >= 0.3 is 0 Å². The summed E-state index contributed by atoms with van der Waals surface area (Å²) >= 11 is 0. The maximum Gasteiger partial charge on any atom is 0.255 e. The lowest BCUT2D eigenvalue weighted by molar-refractivity contribution is 0.0817. The van der Waals surface area contributed by atoms with Crippen molar-refractivity contribution in [2.45, 2.75) is 26.3 Å². The van der Waals surface area contributed by atoms with Gasteiger partial charge in [0.2, 0.25) is 0 Å². The summed E-state index contributed by atoms with van der Waals surface area (Å²) in [4.78, 5) is 12.0. The molecule has 0 atom stereocenters. The van der Waals surface area contributed by atoms with E-state index in [1.165, 1.54) is 0 Å². The van der Waals surface area contributed by atoms with Crippen LogP contribution >= 0.6 is 0 Å². The number of para-hydroxylation sites is 1. The minimum Gasteiger partial charge on any atom is -0.507 e. The number of methoxy groups -OCH3 is 1. The molecule has 0 radical (unpaired) electrons. The van der Waals surface area contributed by atoms with Crippen molar-refractivity contribution in [3.05, 3.63) is 29.3 Å². The third kappa shape index (κ3) is 3.46. The quantitative estimate of drug-likeness (QED) is 0.840. The van der Waals surface area contributed by atoms with E-state index in [4.69, 9.17) is 4.74 Å². The van der Waals surface area contributed by atoms with Gasteiger partial charge in [-0.25, -0.2) is 0 Å². The Morgan fingerprint density at radius 3 is 2.71 bits per heavy atom. The van der Waals surface area contributed by atoms with E-state index in [2.05, 4.69) is 5.32 Å². The first-order chi connectivity index (χ1) is 7.87. The molecule has 4 nitrogen and oxygen atoms in total. The fourth-order valence-electron chi connectivity index (χ4n) is 1.61. The number of hydrogen-bond acceptors (Lipinski definition) is 3. The fourth-order valence-corrected chi connectivity index (χ4v) is 1.61. The molecule has 0 heterocycles. The van der Waals surface area contributed by atoms with Crippen molar-refractivity contribution in [2.75, 3.05) is 13.7 Å². The third-order valence-electron chi connectivity index (χ3n) is 2.44. The molecule has 0 aliphatic carbocycles. The van der Waals surface area contributed by atoms with E-state index in [0.717, 1.165) is 0 Å². The number of aromatic hydroxyl groups is 1. The molecule has 0 saturated heterocycles. The molecular formula is C13H19NO3. The van der Waals surface area contributed by atoms with Gasteiger partial charge in [-0.3, -0.25) is 4.79 Å². The van der Waals surface area contributed by atoms with Crippen LogP contribution in [0.4, 0.5) is 0 Å². The average molecular weight is 237 g/mol. The van der Waals surface area contributed by atoms with Crippen LogP contribution in [0.2, 0.25) is 0 Å². The number of hydrogen-bond donors (Lipinski definition) is 2. The molecule has 0 fully saturated rings. The van der Waals surface area contributed by atoms with Crippen molar-refractivity contribution in [2.24, 2.45) is 0 Å². The summed E-state index contributed by atoms with van der Waals surface area (Å²) in [5.74, 6) is -0.272. The number of rotatable bonds is 4. The van der Waals surface area contributed by atoms with Gasteiger partial charge in [0.1, 0.15) is 5.75 Å². The molecule has 0 saturated carbocycles. The number of nitrogens with one attached hydrogen (secondary N) is 1. The molecule has 4 heteroatoms. The van der Waals surface area contributed by atoms with Gasteiger partial charge in [0.25, 0.3) is 5.91 Å². The maximum absolute atomic E-state index is 12.0. The van der Waals surface area contributed by atoms with Crippen LogP contribution in [0.3, 0.4) is 0 Å². The smallest absolute Gasteiger partial charge is 0.255 e. The highest BCUT2D eigenvalue weighted by atomic mass is 16.5. The molecule has 1 amide bonds. The first-order valence-corrected chi connectivity index (χ1v) is 5.47. The lowest BCUT2D eigenvalue weighted by atomic mass is 10.0. The topological polar surface area (TPSA) is 58.6 Å². The van der Waals surface area contributed by atoms with E-state index < -0.39 is 5.54 Å². The van der Waals surface area contributed by atoms with Crippen LogP contribution in [0, 0.1) is 6.92 Å². The molecule has 1 aromatic rings. The van der Waals surface area contributed by atoms with Crippen LogP contribution in [-0.4, -0.2) is 30.3 Å². The lowest BCUT2D eigenvalue weighted by Crippen LogP contribution is -2.46. The molecule has 0 bridgehead atoms. The summed E-state index contributed by atoms with van der Waals surface area (Å²) in [5, 5.41) is 12.6. The molecule has 0 aliphatic rings. The van der Waals surface area contributed by atoms with E-state index in [0.29, 0.717) is 12.2 Å². The Morgan fingerprint density at radius 2 is 2.12 bits per heavy atom. The van der Waals surface area contributed by atoms with Crippen LogP contribution in [0.15, 0.2) is 18.2 Å².